The third-order valence-corrected chi connectivity index (χ3v) is 4.78. The monoisotopic (exact) mass is 394 g/mol. The lowest BCUT2D eigenvalue weighted by molar-refractivity contribution is 0.768. The summed E-state index contributed by atoms with van der Waals surface area (Å²) < 4.78 is 0. The lowest BCUT2D eigenvalue weighted by atomic mass is 10.1. The van der Waals surface area contributed by atoms with E-state index in [2.05, 4.69) is 42.2 Å². The molecule has 1 aliphatic heterocycles. The molecule has 5 heteroatoms. The zero-order valence-electron chi connectivity index (χ0n) is 14.1. The molecule has 0 atom stereocenters. The SMILES string of the molecule is CCCN1CCN=C(/C=C/c2ccc(Cl)c(Cl)c2)c2ccccc21.Cl. The summed E-state index contributed by atoms with van der Waals surface area (Å²) in [4.78, 5) is 7.20. The maximum Gasteiger partial charge on any atom is 0.0668 e. The lowest BCUT2D eigenvalue weighted by Gasteiger charge is -2.23. The van der Waals surface area contributed by atoms with Gasteiger partial charge < -0.3 is 4.90 Å². The molecule has 3 rings (SSSR count). The number of nitrogens with zero attached hydrogens (tertiary/aromatic N) is 2. The molecule has 2 aromatic rings. The van der Waals surface area contributed by atoms with Gasteiger partial charge in [-0.3, -0.25) is 4.99 Å². The predicted molar refractivity (Wildman–Crippen MR) is 113 cm³/mol. The van der Waals surface area contributed by atoms with Crippen LogP contribution < -0.4 is 4.90 Å². The Morgan fingerprint density at radius 2 is 1.88 bits per heavy atom. The Balaban J connectivity index is 0.00000225. The topological polar surface area (TPSA) is 15.6 Å². The summed E-state index contributed by atoms with van der Waals surface area (Å²) in [7, 11) is 0. The van der Waals surface area contributed by atoms with Gasteiger partial charge in [0, 0.05) is 24.3 Å². The van der Waals surface area contributed by atoms with Crippen LogP contribution in [0.25, 0.3) is 6.08 Å². The summed E-state index contributed by atoms with van der Waals surface area (Å²) >= 11 is 12.1. The number of hydrogen-bond acceptors (Lipinski definition) is 2. The number of anilines is 1. The quantitative estimate of drug-likeness (QED) is 0.606. The number of para-hydroxylation sites is 1. The first-order valence-corrected chi connectivity index (χ1v) is 8.96. The maximum atomic E-state index is 6.09. The van der Waals surface area contributed by atoms with Gasteiger partial charge in [-0.05, 0) is 36.3 Å². The number of hydrogen-bond donors (Lipinski definition) is 0. The van der Waals surface area contributed by atoms with E-state index in [4.69, 9.17) is 28.2 Å². The van der Waals surface area contributed by atoms with Crippen molar-refractivity contribution in [2.75, 3.05) is 24.5 Å². The Morgan fingerprint density at radius 3 is 2.64 bits per heavy atom. The predicted octanol–water partition coefficient (Wildman–Crippen LogP) is 6.15. The lowest BCUT2D eigenvalue weighted by Crippen LogP contribution is -2.26. The maximum absolute atomic E-state index is 6.09. The molecule has 0 aromatic heterocycles. The van der Waals surface area contributed by atoms with Crippen molar-refractivity contribution in [1.82, 2.24) is 0 Å². The van der Waals surface area contributed by atoms with E-state index in [0.29, 0.717) is 10.0 Å². The highest BCUT2D eigenvalue weighted by atomic mass is 35.5. The van der Waals surface area contributed by atoms with Gasteiger partial charge in [0.15, 0.2) is 0 Å². The van der Waals surface area contributed by atoms with Crippen LogP contribution >= 0.6 is 35.6 Å². The first-order valence-electron chi connectivity index (χ1n) is 8.21. The van der Waals surface area contributed by atoms with Crippen molar-refractivity contribution >= 4 is 53.1 Å². The number of halogens is 3. The minimum atomic E-state index is 0. The van der Waals surface area contributed by atoms with Crippen LogP contribution in [0.2, 0.25) is 10.0 Å². The molecular weight excluding hydrogens is 375 g/mol. The van der Waals surface area contributed by atoms with Crippen molar-refractivity contribution in [3.63, 3.8) is 0 Å². The van der Waals surface area contributed by atoms with Crippen LogP contribution in [0.3, 0.4) is 0 Å². The van der Waals surface area contributed by atoms with Gasteiger partial charge in [0.05, 0.1) is 22.3 Å². The van der Waals surface area contributed by atoms with Crippen LogP contribution in [0.1, 0.15) is 24.5 Å². The molecule has 0 unspecified atom stereocenters. The van der Waals surface area contributed by atoms with Gasteiger partial charge >= 0.3 is 0 Å². The summed E-state index contributed by atoms with van der Waals surface area (Å²) in [6.45, 7) is 5.01. The highest BCUT2D eigenvalue weighted by molar-refractivity contribution is 6.42. The van der Waals surface area contributed by atoms with Crippen LogP contribution in [0.5, 0.6) is 0 Å². The van der Waals surface area contributed by atoms with Gasteiger partial charge in [-0.15, -0.1) is 12.4 Å². The zero-order valence-corrected chi connectivity index (χ0v) is 16.4. The van der Waals surface area contributed by atoms with Gasteiger partial charge in [-0.25, -0.2) is 0 Å². The summed E-state index contributed by atoms with van der Waals surface area (Å²) in [5, 5.41) is 1.14. The highest BCUT2D eigenvalue weighted by Gasteiger charge is 2.15. The third-order valence-electron chi connectivity index (χ3n) is 4.04. The summed E-state index contributed by atoms with van der Waals surface area (Å²) in [5.74, 6) is 0. The van der Waals surface area contributed by atoms with Gasteiger partial charge in [0.2, 0.25) is 0 Å². The molecule has 1 heterocycles. The standard InChI is InChI=1S/C20H20Cl2N2.ClH/c1-2-12-24-13-11-23-19(16-5-3-4-6-20(16)24)10-8-15-7-9-17(21)18(22)14-15;/h3-10,14H,2,11-13H2,1H3;1H/b10-8+;. The normalized spacial score (nSPS) is 13.9. The van der Waals surface area contributed by atoms with Crippen molar-refractivity contribution in [2.45, 2.75) is 13.3 Å². The molecule has 1 aliphatic rings. The van der Waals surface area contributed by atoms with E-state index in [9.17, 15) is 0 Å². The molecule has 25 heavy (non-hydrogen) atoms. The summed E-state index contributed by atoms with van der Waals surface area (Å²) in [6.07, 6.45) is 5.23. The van der Waals surface area contributed by atoms with E-state index in [0.717, 1.165) is 37.3 Å². The summed E-state index contributed by atoms with van der Waals surface area (Å²) in [6, 6.07) is 14.1. The highest BCUT2D eigenvalue weighted by Crippen LogP contribution is 2.26. The minimum Gasteiger partial charge on any atom is -0.369 e. The number of fused-ring (bicyclic) bond motifs is 1. The van der Waals surface area contributed by atoms with Gasteiger partial charge in [-0.2, -0.15) is 0 Å². The Labute approximate surface area is 165 Å². The summed E-state index contributed by atoms with van der Waals surface area (Å²) in [5.41, 5.74) is 4.46. The molecular formula is C20H21Cl3N2. The number of aliphatic imine (C=N–C) groups is 1. The molecule has 132 valence electrons. The van der Waals surface area contributed by atoms with E-state index >= 15 is 0 Å². The molecule has 0 bridgehead atoms. The first-order chi connectivity index (χ1) is 11.7. The van der Waals surface area contributed by atoms with E-state index in [1.54, 1.807) is 0 Å². The average molecular weight is 396 g/mol. The third kappa shape index (κ3) is 4.78. The van der Waals surface area contributed by atoms with Gasteiger partial charge in [0.25, 0.3) is 0 Å². The fraction of sp³-hybridized carbons (Fsp3) is 0.250. The largest absolute Gasteiger partial charge is 0.369 e. The van der Waals surface area contributed by atoms with E-state index in [1.807, 2.05) is 24.3 Å². The second-order valence-electron chi connectivity index (χ2n) is 5.78. The van der Waals surface area contributed by atoms with Gasteiger partial charge in [-0.1, -0.05) is 60.5 Å². The molecule has 0 amide bonds. The molecule has 0 spiro atoms. The molecule has 2 nitrogen and oxygen atoms in total. The van der Waals surface area contributed by atoms with E-state index in [1.165, 1.54) is 11.3 Å². The van der Waals surface area contributed by atoms with Crippen LogP contribution in [0.4, 0.5) is 5.69 Å². The molecule has 0 fully saturated rings. The Kier molecular flexibility index (Phi) is 7.37. The Morgan fingerprint density at radius 1 is 1.08 bits per heavy atom. The molecule has 0 radical (unpaired) electrons. The molecule has 0 saturated carbocycles. The fourth-order valence-corrected chi connectivity index (χ4v) is 3.21. The van der Waals surface area contributed by atoms with Crippen molar-refractivity contribution in [3.8, 4) is 0 Å². The van der Waals surface area contributed by atoms with Crippen molar-refractivity contribution in [3.05, 3.63) is 69.7 Å². The molecule has 0 saturated heterocycles. The van der Waals surface area contributed by atoms with Crippen LogP contribution in [0.15, 0.2) is 53.5 Å². The zero-order chi connectivity index (χ0) is 16.9. The Bertz CT molecular complexity index is 784. The van der Waals surface area contributed by atoms with Crippen LogP contribution in [0, 0.1) is 0 Å². The number of benzene rings is 2. The van der Waals surface area contributed by atoms with Gasteiger partial charge in [0.1, 0.15) is 0 Å². The second kappa shape index (κ2) is 9.28. The van der Waals surface area contributed by atoms with Crippen LogP contribution in [-0.4, -0.2) is 25.3 Å². The average Bonchev–Trinajstić information content (AvgIpc) is 2.76. The molecule has 0 N–H and O–H groups in total. The van der Waals surface area contributed by atoms with Crippen LogP contribution in [-0.2, 0) is 0 Å². The Hall–Kier alpha value is -1.48. The smallest absolute Gasteiger partial charge is 0.0668 e. The van der Waals surface area contributed by atoms with E-state index < -0.39 is 0 Å². The molecule has 0 aliphatic carbocycles. The number of allylic oxidation sites excluding steroid dienone is 1. The first kappa shape index (κ1) is 19.8. The second-order valence-corrected chi connectivity index (χ2v) is 6.59. The fourth-order valence-electron chi connectivity index (χ4n) is 2.90. The number of benzodiazepines with no additional fused rings is 1. The van der Waals surface area contributed by atoms with Crippen molar-refractivity contribution in [1.29, 1.82) is 0 Å². The van der Waals surface area contributed by atoms with Crippen molar-refractivity contribution < 1.29 is 0 Å². The van der Waals surface area contributed by atoms with E-state index in [-0.39, 0.29) is 12.4 Å². The molecule has 2 aromatic carbocycles. The minimum absolute atomic E-state index is 0. The number of rotatable bonds is 4. The van der Waals surface area contributed by atoms with Crippen molar-refractivity contribution in [2.24, 2.45) is 4.99 Å².